The van der Waals surface area contributed by atoms with E-state index >= 15 is 0 Å². The summed E-state index contributed by atoms with van der Waals surface area (Å²) in [6.45, 7) is 0.972. The van der Waals surface area contributed by atoms with Crippen LogP contribution in [0.15, 0.2) is 23.0 Å². The fourth-order valence-electron chi connectivity index (χ4n) is 2.60. The SMILES string of the molecule is COc1ccc2c(c1)[nH]c(=O)n2C1CCCCN1. The van der Waals surface area contributed by atoms with Crippen molar-refractivity contribution in [3.8, 4) is 5.75 Å². The van der Waals surface area contributed by atoms with E-state index in [2.05, 4.69) is 10.3 Å². The fraction of sp³-hybridized carbons (Fsp3) is 0.462. The lowest BCUT2D eigenvalue weighted by molar-refractivity contribution is 0.321. The number of hydrogen-bond acceptors (Lipinski definition) is 3. The minimum absolute atomic E-state index is 0.0577. The van der Waals surface area contributed by atoms with Crippen molar-refractivity contribution >= 4 is 11.0 Å². The van der Waals surface area contributed by atoms with E-state index in [9.17, 15) is 4.79 Å². The molecule has 1 fully saturated rings. The van der Waals surface area contributed by atoms with Crippen molar-refractivity contribution in [2.24, 2.45) is 0 Å². The van der Waals surface area contributed by atoms with Crippen LogP contribution in [0.5, 0.6) is 5.75 Å². The molecule has 0 saturated carbocycles. The van der Waals surface area contributed by atoms with Crippen LogP contribution in [0, 0.1) is 0 Å². The Kier molecular flexibility index (Phi) is 2.83. The first kappa shape index (κ1) is 11.3. The second kappa shape index (κ2) is 4.49. The highest BCUT2D eigenvalue weighted by molar-refractivity contribution is 5.77. The van der Waals surface area contributed by atoms with E-state index in [1.165, 1.54) is 6.42 Å². The van der Waals surface area contributed by atoms with Crippen LogP contribution in [0.1, 0.15) is 25.4 Å². The second-order valence-electron chi connectivity index (χ2n) is 4.65. The Morgan fingerprint density at radius 2 is 2.28 bits per heavy atom. The van der Waals surface area contributed by atoms with E-state index in [4.69, 9.17) is 4.74 Å². The molecule has 0 amide bonds. The van der Waals surface area contributed by atoms with E-state index in [1.54, 1.807) is 7.11 Å². The second-order valence-corrected chi connectivity index (χ2v) is 4.65. The molecule has 18 heavy (non-hydrogen) atoms. The summed E-state index contributed by atoms with van der Waals surface area (Å²) in [4.78, 5) is 15.0. The molecular weight excluding hydrogens is 230 g/mol. The predicted molar refractivity (Wildman–Crippen MR) is 70.0 cm³/mol. The van der Waals surface area contributed by atoms with Crippen LogP contribution in [-0.4, -0.2) is 23.2 Å². The average Bonchev–Trinajstić information content (AvgIpc) is 2.74. The number of fused-ring (bicyclic) bond motifs is 1. The molecule has 5 nitrogen and oxygen atoms in total. The Labute approximate surface area is 105 Å². The summed E-state index contributed by atoms with van der Waals surface area (Å²) in [5, 5.41) is 3.39. The number of hydrogen-bond donors (Lipinski definition) is 2. The number of nitrogens with one attached hydrogen (secondary N) is 2. The summed E-state index contributed by atoms with van der Waals surface area (Å²) in [6, 6.07) is 5.67. The molecule has 5 heteroatoms. The Hall–Kier alpha value is -1.75. The molecule has 0 radical (unpaired) electrons. The van der Waals surface area contributed by atoms with Crippen molar-refractivity contribution in [1.82, 2.24) is 14.9 Å². The number of piperidine rings is 1. The number of imidazole rings is 1. The van der Waals surface area contributed by atoms with Crippen LogP contribution in [-0.2, 0) is 0 Å². The van der Waals surface area contributed by atoms with E-state index in [0.717, 1.165) is 36.2 Å². The zero-order valence-electron chi connectivity index (χ0n) is 10.4. The van der Waals surface area contributed by atoms with Crippen LogP contribution in [0.4, 0.5) is 0 Å². The van der Waals surface area contributed by atoms with Gasteiger partial charge in [-0.05, 0) is 37.9 Å². The number of nitrogens with zero attached hydrogens (tertiary/aromatic N) is 1. The lowest BCUT2D eigenvalue weighted by atomic mass is 10.1. The van der Waals surface area contributed by atoms with Gasteiger partial charge in [0.05, 0.1) is 24.3 Å². The molecule has 0 aliphatic carbocycles. The van der Waals surface area contributed by atoms with Gasteiger partial charge in [0.1, 0.15) is 5.75 Å². The number of H-pyrrole nitrogens is 1. The first-order valence-electron chi connectivity index (χ1n) is 6.31. The number of aromatic nitrogens is 2. The molecule has 1 aromatic carbocycles. The lowest BCUT2D eigenvalue weighted by Crippen LogP contribution is -2.36. The van der Waals surface area contributed by atoms with Crippen molar-refractivity contribution in [2.45, 2.75) is 25.4 Å². The Bertz CT molecular complexity index is 608. The minimum atomic E-state index is -0.0577. The molecule has 1 unspecified atom stereocenters. The topological polar surface area (TPSA) is 59.1 Å². The van der Waals surface area contributed by atoms with Crippen molar-refractivity contribution in [2.75, 3.05) is 13.7 Å². The largest absolute Gasteiger partial charge is 0.497 e. The van der Waals surface area contributed by atoms with Gasteiger partial charge < -0.3 is 9.72 Å². The normalized spacial score (nSPS) is 20.2. The van der Waals surface area contributed by atoms with Gasteiger partial charge in [-0.2, -0.15) is 0 Å². The molecule has 2 N–H and O–H groups in total. The van der Waals surface area contributed by atoms with Crippen molar-refractivity contribution in [1.29, 1.82) is 0 Å². The molecule has 2 aromatic rings. The number of aromatic amines is 1. The summed E-state index contributed by atoms with van der Waals surface area (Å²) in [6.07, 6.45) is 3.45. The molecule has 1 aliphatic heterocycles. The quantitative estimate of drug-likeness (QED) is 0.847. The van der Waals surface area contributed by atoms with Crippen LogP contribution in [0.2, 0.25) is 0 Å². The van der Waals surface area contributed by atoms with E-state index in [-0.39, 0.29) is 11.9 Å². The maximum Gasteiger partial charge on any atom is 0.327 e. The van der Waals surface area contributed by atoms with Gasteiger partial charge in [-0.15, -0.1) is 0 Å². The van der Waals surface area contributed by atoms with Crippen molar-refractivity contribution in [3.63, 3.8) is 0 Å². The van der Waals surface area contributed by atoms with Gasteiger partial charge >= 0.3 is 5.69 Å². The van der Waals surface area contributed by atoms with E-state index < -0.39 is 0 Å². The van der Waals surface area contributed by atoms with Crippen LogP contribution >= 0.6 is 0 Å². The average molecular weight is 247 g/mol. The van der Waals surface area contributed by atoms with Crippen LogP contribution < -0.4 is 15.7 Å². The zero-order chi connectivity index (χ0) is 12.5. The maximum atomic E-state index is 12.1. The van der Waals surface area contributed by atoms with Gasteiger partial charge in [0.15, 0.2) is 0 Å². The Morgan fingerprint density at radius 3 is 3.00 bits per heavy atom. The Morgan fingerprint density at radius 1 is 1.39 bits per heavy atom. The predicted octanol–water partition coefficient (Wildman–Crippen LogP) is 1.61. The maximum absolute atomic E-state index is 12.1. The van der Waals surface area contributed by atoms with Gasteiger partial charge in [-0.1, -0.05) is 0 Å². The third-order valence-electron chi connectivity index (χ3n) is 3.52. The fourth-order valence-corrected chi connectivity index (χ4v) is 2.60. The van der Waals surface area contributed by atoms with E-state index in [1.807, 2.05) is 22.8 Å². The Balaban J connectivity index is 2.10. The minimum Gasteiger partial charge on any atom is -0.497 e. The van der Waals surface area contributed by atoms with Crippen LogP contribution in [0.25, 0.3) is 11.0 Å². The van der Waals surface area contributed by atoms with Gasteiger partial charge in [-0.25, -0.2) is 4.79 Å². The molecule has 1 saturated heterocycles. The van der Waals surface area contributed by atoms with Crippen LogP contribution in [0.3, 0.4) is 0 Å². The summed E-state index contributed by atoms with van der Waals surface area (Å²) in [5.74, 6) is 0.757. The molecule has 1 aliphatic rings. The molecule has 96 valence electrons. The highest BCUT2D eigenvalue weighted by Gasteiger charge is 2.19. The standard InChI is InChI=1S/C13H17N3O2/c1-18-9-5-6-11-10(8-9)15-13(17)16(11)12-4-2-3-7-14-12/h5-6,8,12,14H,2-4,7H2,1H3,(H,15,17). The molecule has 1 aromatic heterocycles. The first-order chi connectivity index (χ1) is 8.79. The summed E-state index contributed by atoms with van der Waals surface area (Å²) in [5.41, 5.74) is 1.70. The highest BCUT2D eigenvalue weighted by atomic mass is 16.5. The number of benzene rings is 1. The molecule has 3 rings (SSSR count). The summed E-state index contributed by atoms with van der Waals surface area (Å²) in [7, 11) is 1.62. The molecule has 2 heterocycles. The third-order valence-corrected chi connectivity index (χ3v) is 3.52. The number of rotatable bonds is 2. The number of methoxy groups -OCH3 is 1. The van der Waals surface area contributed by atoms with Crippen molar-refractivity contribution in [3.05, 3.63) is 28.7 Å². The molecular formula is C13H17N3O2. The summed E-state index contributed by atoms with van der Waals surface area (Å²) < 4.78 is 6.98. The molecule has 0 spiro atoms. The summed E-state index contributed by atoms with van der Waals surface area (Å²) >= 11 is 0. The third kappa shape index (κ3) is 1.80. The van der Waals surface area contributed by atoms with E-state index in [0.29, 0.717) is 0 Å². The van der Waals surface area contributed by atoms with Gasteiger partial charge in [-0.3, -0.25) is 9.88 Å². The highest BCUT2D eigenvalue weighted by Crippen LogP contribution is 2.23. The van der Waals surface area contributed by atoms with Crippen molar-refractivity contribution < 1.29 is 4.74 Å². The monoisotopic (exact) mass is 247 g/mol. The smallest absolute Gasteiger partial charge is 0.327 e. The van der Waals surface area contributed by atoms with Gasteiger partial charge in [0.2, 0.25) is 0 Å². The lowest BCUT2D eigenvalue weighted by Gasteiger charge is -2.24. The first-order valence-corrected chi connectivity index (χ1v) is 6.31. The van der Waals surface area contributed by atoms with Gasteiger partial charge in [0, 0.05) is 6.07 Å². The molecule has 0 bridgehead atoms. The molecule has 1 atom stereocenters. The van der Waals surface area contributed by atoms with Gasteiger partial charge in [0.25, 0.3) is 0 Å². The number of ether oxygens (including phenoxy) is 1. The zero-order valence-corrected chi connectivity index (χ0v) is 10.4.